The van der Waals surface area contributed by atoms with Crippen LogP contribution in [0.3, 0.4) is 0 Å². The monoisotopic (exact) mass is 338 g/mol. The summed E-state index contributed by atoms with van der Waals surface area (Å²) in [7, 11) is 0. The second kappa shape index (κ2) is 7.88. The van der Waals surface area contributed by atoms with Crippen molar-refractivity contribution in [2.24, 2.45) is 5.92 Å². The number of hydrogen-bond donors (Lipinski definition) is 2. The summed E-state index contributed by atoms with van der Waals surface area (Å²) >= 11 is 0. The second-order valence-corrected chi connectivity index (χ2v) is 6.36. The number of aryl methyl sites for hydroxylation is 1. The summed E-state index contributed by atoms with van der Waals surface area (Å²) in [6.45, 7) is 2.32. The summed E-state index contributed by atoms with van der Waals surface area (Å²) in [6, 6.07) is 9.63. The third kappa shape index (κ3) is 4.41. The first-order valence-electron chi connectivity index (χ1n) is 8.54. The molecule has 0 aliphatic heterocycles. The van der Waals surface area contributed by atoms with Crippen LogP contribution in [0.25, 0.3) is 0 Å². The van der Waals surface area contributed by atoms with Crippen molar-refractivity contribution in [3.63, 3.8) is 0 Å². The molecule has 1 saturated carbocycles. The summed E-state index contributed by atoms with van der Waals surface area (Å²) in [5.41, 5.74) is 2.10. The summed E-state index contributed by atoms with van der Waals surface area (Å²) in [5, 5.41) is 5.91. The van der Waals surface area contributed by atoms with Crippen molar-refractivity contribution < 1.29 is 9.59 Å². The fraction of sp³-hybridized carbons (Fsp3) is 0.368. The number of hydrogen-bond acceptors (Lipinski definition) is 4. The Bertz CT molecular complexity index is 731. The summed E-state index contributed by atoms with van der Waals surface area (Å²) in [6.07, 6.45) is 5.53. The first-order chi connectivity index (χ1) is 12.1. The lowest BCUT2D eigenvalue weighted by atomic mass is 10.0. The molecule has 3 rings (SSSR count). The molecule has 1 aliphatic rings. The number of rotatable bonds is 5. The predicted molar refractivity (Wildman–Crippen MR) is 93.7 cm³/mol. The van der Waals surface area contributed by atoms with Gasteiger partial charge in [0.1, 0.15) is 5.69 Å². The lowest BCUT2D eigenvalue weighted by Crippen LogP contribution is -2.44. The number of nitrogens with one attached hydrogen (secondary N) is 2. The third-order valence-electron chi connectivity index (χ3n) is 4.49. The van der Waals surface area contributed by atoms with Gasteiger partial charge in [0.25, 0.3) is 5.91 Å². The fourth-order valence-corrected chi connectivity index (χ4v) is 3.11. The van der Waals surface area contributed by atoms with Gasteiger partial charge in [-0.25, -0.2) is 4.98 Å². The first kappa shape index (κ1) is 17.1. The Kier molecular flexibility index (Phi) is 5.38. The van der Waals surface area contributed by atoms with E-state index in [4.69, 9.17) is 0 Å². The van der Waals surface area contributed by atoms with E-state index >= 15 is 0 Å². The molecule has 1 aliphatic carbocycles. The Morgan fingerprint density at radius 3 is 2.64 bits per heavy atom. The standard InChI is InChI=1S/C19H22N4O2/c1-13-10-21-17(12-20-13)19(25)23-16-9-5-8-15(16)18(24)22-11-14-6-3-2-4-7-14/h2-4,6-7,10,12,15-16H,5,8-9,11H2,1H3,(H,22,24)(H,23,25)/t15-,16+/m0/s1. The van der Waals surface area contributed by atoms with Crippen molar-refractivity contribution in [1.29, 1.82) is 0 Å². The minimum Gasteiger partial charge on any atom is -0.352 e. The van der Waals surface area contributed by atoms with Gasteiger partial charge in [-0.15, -0.1) is 0 Å². The van der Waals surface area contributed by atoms with Gasteiger partial charge in [0, 0.05) is 18.8 Å². The Balaban J connectivity index is 1.57. The van der Waals surface area contributed by atoms with E-state index in [1.807, 2.05) is 37.3 Å². The van der Waals surface area contributed by atoms with Gasteiger partial charge < -0.3 is 10.6 Å². The summed E-state index contributed by atoms with van der Waals surface area (Å²) in [4.78, 5) is 33.0. The quantitative estimate of drug-likeness (QED) is 0.873. The maximum atomic E-state index is 12.5. The molecule has 6 heteroatoms. The van der Waals surface area contributed by atoms with Crippen LogP contribution in [0.2, 0.25) is 0 Å². The maximum Gasteiger partial charge on any atom is 0.271 e. The Hall–Kier alpha value is -2.76. The SMILES string of the molecule is Cc1cnc(C(=O)N[C@@H]2CCC[C@@H]2C(=O)NCc2ccccc2)cn1. The van der Waals surface area contributed by atoms with Crippen molar-refractivity contribution in [3.8, 4) is 0 Å². The van der Waals surface area contributed by atoms with Crippen LogP contribution in [0, 0.1) is 12.8 Å². The highest BCUT2D eigenvalue weighted by atomic mass is 16.2. The van der Waals surface area contributed by atoms with E-state index < -0.39 is 0 Å². The van der Waals surface area contributed by atoms with Gasteiger partial charge in [-0.2, -0.15) is 0 Å². The molecular formula is C19H22N4O2. The summed E-state index contributed by atoms with van der Waals surface area (Å²) in [5.74, 6) is -0.493. The highest BCUT2D eigenvalue weighted by Crippen LogP contribution is 2.26. The van der Waals surface area contributed by atoms with Gasteiger partial charge in [0.2, 0.25) is 5.91 Å². The molecule has 25 heavy (non-hydrogen) atoms. The van der Waals surface area contributed by atoms with Crippen LogP contribution in [0.5, 0.6) is 0 Å². The van der Waals surface area contributed by atoms with Gasteiger partial charge in [0.15, 0.2) is 0 Å². The molecule has 0 radical (unpaired) electrons. The molecule has 2 aromatic rings. The average molecular weight is 338 g/mol. The van der Waals surface area contributed by atoms with Gasteiger partial charge >= 0.3 is 0 Å². The molecule has 6 nitrogen and oxygen atoms in total. The third-order valence-corrected chi connectivity index (χ3v) is 4.49. The Morgan fingerprint density at radius 2 is 1.92 bits per heavy atom. The van der Waals surface area contributed by atoms with Crippen molar-refractivity contribution in [2.45, 2.75) is 38.8 Å². The van der Waals surface area contributed by atoms with E-state index in [2.05, 4.69) is 20.6 Å². The molecule has 1 aromatic heterocycles. The topological polar surface area (TPSA) is 84.0 Å². The molecule has 0 saturated heterocycles. The van der Waals surface area contributed by atoms with E-state index in [9.17, 15) is 9.59 Å². The van der Waals surface area contributed by atoms with Crippen LogP contribution < -0.4 is 10.6 Å². The van der Waals surface area contributed by atoms with Crippen LogP contribution in [-0.4, -0.2) is 27.8 Å². The molecule has 2 N–H and O–H groups in total. The molecule has 2 amide bonds. The van der Waals surface area contributed by atoms with Gasteiger partial charge in [-0.05, 0) is 25.3 Å². The largest absolute Gasteiger partial charge is 0.352 e. The number of carbonyl (C=O) groups is 2. The lowest BCUT2D eigenvalue weighted by Gasteiger charge is -2.20. The van der Waals surface area contributed by atoms with E-state index in [0.717, 1.165) is 30.5 Å². The minimum atomic E-state index is -0.278. The van der Waals surface area contributed by atoms with Crippen molar-refractivity contribution in [2.75, 3.05) is 0 Å². The molecule has 0 bridgehead atoms. The van der Waals surface area contributed by atoms with Crippen molar-refractivity contribution >= 4 is 11.8 Å². The number of benzene rings is 1. The van der Waals surface area contributed by atoms with Crippen molar-refractivity contribution in [1.82, 2.24) is 20.6 Å². The van der Waals surface area contributed by atoms with E-state index in [1.165, 1.54) is 6.20 Å². The van der Waals surface area contributed by atoms with Crippen molar-refractivity contribution in [3.05, 3.63) is 59.7 Å². The minimum absolute atomic E-state index is 0.0124. The van der Waals surface area contributed by atoms with Gasteiger partial charge in [-0.1, -0.05) is 36.8 Å². The Morgan fingerprint density at radius 1 is 1.12 bits per heavy atom. The predicted octanol–water partition coefficient (Wildman–Crippen LogP) is 2.00. The van der Waals surface area contributed by atoms with Gasteiger partial charge in [-0.3, -0.25) is 14.6 Å². The molecule has 1 fully saturated rings. The van der Waals surface area contributed by atoms with Crippen LogP contribution in [0.4, 0.5) is 0 Å². The molecule has 0 unspecified atom stereocenters. The number of nitrogens with zero attached hydrogens (tertiary/aromatic N) is 2. The second-order valence-electron chi connectivity index (χ2n) is 6.36. The molecule has 0 spiro atoms. The average Bonchev–Trinajstić information content (AvgIpc) is 3.09. The van der Waals surface area contributed by atoms with Crippen LogP contribution >= 0.6 is 0 Å². The highest BCUT2D eigenvalue weighted by Gasteiger charge is 2.34. The fourth-order valence-electron chi connectivity index (χ4n) is 3.11. The molecule has 130 valence electrons. The maximum absolute atomic E-state index is 12.5. The number of carbonyl (C=O) groups excluding carboxylic acids is 2. The lowest BCUT2D eigenvalue weighted by molar-refractivity contribution is -0.125. The molecule has 2 atom stereocenters. The number of amides is 2. The van der Waals surface area contributed by atoms with Crippen LogP contribution in [0.15, 0.2) is 42.7 Å². The molecule has 1 aromatic carbocycles. The zero-order valence-corrected chi connectivity index (χ0v) is 14.2. The van der Waals surface area contributed by atoms with E-state index in [0.29, 0.717) is 6.54 Å². The highest BCUT2D eigenvalue weighted by molar-refractivity contribution is 5.92. The van der Waals surface area contributed by atoms with E-state index in [-0.39, 0.29) is 29.5 Å². The van der Waals surface area contributed by atoms with E-state index in [1.54, 1.807) is 6.20 Å². The smallest absolute Gasteiger partial charge is 0.271 e. The zero-order valence-electron chi connectivity index (χ0n) is 14.2. The normalized spacial score (nSPS) is 19.4. The first-order valence-corrected chi connectivity index (χ1v) is 8.54. The van der Waals surface area contributed by atoms with Crippen LogP contribution in [-0.2, 0) is 11.3 Å². The molecule has 1 heterocycles. The zero-order chi connectivity index (χ0) is 17.6. The van der Waals surface area contributed by atoms with Gasteiger partial charge in [0.05, 0.1) is 17.8 Å². The number of aromatic nitrogens is 2. The molecular weight excluding hydrogens is 316 g/mol. The Labute approximate surface area is 147 Å². The van der Waals surface area contributed by atoms with Crippen LogP contribution in [0.1, 0.15) is 41.0 Å². The summed E-state index contributed by atoms with van der Waals surface area (Å²) < 4.78 is 0.